The van der Waals surface area contributed by atoms with Crippen LogP contribution in [0.5, 0.6) is 0 Å². The van der Waals surface area contributed by atoms with Crippen molar-refractivity contribution >= 4 is 15.9 Å². The van der Waals surface area contributed by atoms with E-state index in [-0.39, 0.29) is 0 Å². The highest BCUT2D eigenvalue weighted by Gasteiger charge is 2.14. The normalized spacial score (nSPS) is 14.4. The maximum Gasteiger partial charge on any atom is 0.0410 e. The molecular weight excluding hydrogens is 288 g/mol. The molecule has 0 spiro atoms. The minimum atomic E-state index is 0.427. The van der Waals surface area contributed by atoms with E-state index in [1.807, 2.05) is 12.4 Å². The SMILES string of the molecule is CCCNC(CC(C)CCC)c1cncc(Br)c1. The van der Waals surface area contributed by atoms with Crippen LogP contribution >= 0.6 is 15.9 Å². The van der Waals surface area contributed by atoms with Gasteiger partial charge in [0.05, 0.1) is 0 Å². The van der Waals surface area contributed by atoms with Crippen molar-refractivity contribution in [3.63, 3.8) is 0 Å². The van der Waals surface area contributed by atoms with Gasteiger partial charge in [0.1, 0.15) is 0 Å². The van der Waals surface area contributed by atoms with Crippen LogP contribution < -0.4 is 5.32 Å². The summed E-state index contributed by atoms with van der Waals surface area (Å²) < 4.78 is 1.06. The van der Waals surface area contributed by atoms with E-state index in [9.17, 15) is 0 Å². The van der Waals surface area contributed by atoms with Crippen molar-refractivity contribution in [1.29, 1.82) is 0 Å². The number of nitrogens with one attached hydrogen (secondary N) is 1. The summed E-state index contributed by atoms with van der Waals surface area (Å²) in [6.45, 7) is 7.87. The fourth-order valence-electron chi connectivity index (χ4n) is 2.29. The van der Waals surface area contributed by atoms with E-state index in [1.54, 1.807) is 0 Å². The third-order valence-electron chi connectivity index (χ3n) is 3.19. The fraction of sp³-hybridized carbons (Fsp3) is 0.667. The van der Waals surface area contributed by atoms with Gasteiger partial charge in [0.2, 0.25) is 0 Å². The van der Waals surface area contributed by atoms with Crippen LogP contribution in [0.2, 0.25) is 0 Å². The third kappa shape index (κ3) is 5.49. The molecule has 1 rings (SSSR count). The van der Waals surface area contributed by atoms with Gasteiger partial charge in [-0.2, -0.15) is 0 Å². The number of nitrogens with zero attached hydrogens (tertiary/aromatic N) is 1. The van der Waals surface area contributed by atoms with Crippen molar-refractivity contribution in [2.45, 2.75) is 52.5 Å². The molecule has 0 saturated heterocycles. The molecule has 1 heterocycles. The highest BCUT2D eigenvalue weighted by atomic mass is 79.9. The van der Waals surface area contributed by atoms with Gasteiger partial charge >= 0.3 is 0 Å². The highest BCUT2D eigenvalue weighted by molar-refractivity contribution is 9.10. The van der Waals surface area contributed by atoms with Crippen molar-refractivity contribution in [3.8, 4) is 0 Å². The third-order valence-corrected chi connectivity index (χ3v) is 3.62. The van der Waals surface area contributed by atoms with Crippen LogP contribution in [0.15, 0.2) is 22.9 Å². The lowest BCUT2D eigenvalue weighted by molar-refractivity contribution is 0.389. The van der Waals surface area contributed by atoms with E-state index in [4.69, 9.17) is 0 Å². The monoisotopic (exact) mass is 312 g/mol. The number of pyridine rings is 1. The molecule has 0 radical (unpaired) electrons. The molecule has 0 bridgehead atoms. The first-order valence-corrected chi connectivity index (χ1v) is 7.80. The maximum absolute atomic E-state index is 4.28. The van der Waals surface area contributed by atoms with Gasteiger partial charge in [0.25, 0.3) is 0 Å². The Balaban J connectivity index is 2.70. The zero-order valence-electron chi connectivity index (χ0n) is 11.7. The zero-order valence-corrected chi connectivity index (χ0v) is 13.3. The highest BCUT2D eigenvalue weighted by Crippen LogP contribution is 2.25. The van der Waals surface area contributed by atoms with Gasteiger partial charge in [0.15, 0.2) is 0 Å². The fourth-order valence-corrected chi connectivity index (χ4v) is 2.67. The van der Waals surface area contributed by atoms with Crippen molar-refractivity contribution in [3.05, 3.63) is 28.5 Å². The Morgan fingerprint density at radius 1 is 1.28 bits per heavy atom. The van der Waals surface area contributed by atoms with Crippen LogP contribution in [0.3, 0.4) is 0 Å². The molecule has 2 atom stereocenters. The number of halogens is 1. The predicted molar refractivity (Wildman–Crippen MR) is 81.7 cm³/mol. The average Bonchev–Trinajstić information content (AvgIpc) is 2.34. The Bertz CT molecular complexity index is 341. The summed E-state index contributed by atoms with van der Waals surface area (Å²) in [7, 11) is 0. The van der Waals surface area contributed by atoms with E-state index in [2.05, 4.69) is 53.1 Å². The molecule has 0 amide bonds. The first-order chi connectivity index (χ1) is 8.67. The van der Waals surface area contributed by atoms with Gasteiger partial charge in [-0.05, 0) is 52.9 Å². The number of aromatic nitrogens is 1. The summed E-state index contributed by atoms with van der Waals surface area (Å²) >= 11 is 3.51. The van der Waals surface area contributed by atoms with Crippen molar-refractivity contribution in [2.75, 3.05) is 6.54 Å². The molecule has 0 fully saturated rings. The van der Waals surface area contributed by atoms with Crippen LogP contribution in [0.4, 0.5) is 0 Å². The molecule has 0 aliphatic carbocycles. The van der Waals surface area contributed by atoms with Crippen LogP contribution in [-0.2, 0) is 0 Å². The van der Waals surface area contributed by atoms with E-state index in [1.165, 1.54) is 31.2 Å². The first-order valence-electron chi connectivity index (χ1n) is 7.01. The molecule has 102 valence electrons. The van der Waals surface area contributed by atoms with Gasteiger partial charge in [-0.25, -0.2) is 0 Å². The lowest BCUT2D eigenvalue weighted by atomic mass is 9.93. The smallest absolute Gasteiger partial charge is 0.0410 e. The maximum atomic E-state index is 4.28. The predicted octanol–water partition coefficient (Wildman–Crippen LogP) is 4.71. The molecule has 2 unspecified atom stereocenters. The van der Waals surface area contributed by atoms with Crippen molar-refractivity contribution in [1.82, 2.24) is 10.3 Å². The number of hydrogen-bond acceptors (Lipinski definition) is 2. The second-order valence-electron chi connectivity index (χ2n) is 5.07. The van der Waals surface area contributed by atoms with Gasteiger partial charge < -0.3 is 5.32 Å². The summed E-state index contributed by atoms with van der Waals surface area (Å²) in [5, 5.41) is 3.64. The first kappa shape index (κ1) is 15.6. The van der Waals surface area contributed by atoms with E-state index in [0.717, 1.165) is 16.9 Å². The molecule has 1 N–H and O–H groups in total. The van der Waals surface area contributed by atoms with Gasteiger partial charge in [-0.15, -0.1) is 0 Å². The standard InChI is InChI=1S/C15H25BrN2/c1-4-6-12(3)8-15(18-7-5-2)13-9-14(16)11-17-10-13/h9-12,15,18H,4-8H2,1-3H3. The summed E-state index contributed by atoms with van der Waals surface area (Å²) in [6.07, 6.45) is 8.74. The Kier molecular flexibility index (Phi) is 7.52. The second-order valence-corrected chi connectivity index (χ2v) is 5.99. The van der Waals surface area contributed by atoms with Crippen LogP contribution in [0, 0.1) is 5.92 Å². The Morgan fingerprint density at radius 3 is 2.67 bits per heavy atom. The van der Waals surface area contributed by atoms with E-state index in [0.29, 0.717) is 6.04 Å². The van der Waals surface area contributed by atoms with Gasteiger partial charge in [0, 0.05) is 22.9 Å². The summed E-state index contributed by atoms with van der Waals surface area (Å²) in [5.74, 6) is 0.753. The molecule has 0 saturated carbocycles. The molecule has 3 heteroatoms. The molecule has 0 aliphatic rings. The lowest BCUT2D eigenvalue weighted by Gasteiger charge is -2.22. The Morgan fingerprint density at radius 2 is 2.06 bits per heavy atom. The zero-order chi connectivity index (χ0) is 13.4. The molecule has 2 nitrogen and oxygen atoms in total. The summed E-state index contributed by atoms with van der Waals surface area (Å²) in [6, 6.07) is 2.61. The van der Waals surface area contributed by atoms with Crippen LogP contribution in [0.25, 0.3) is 0 Å². The topological polar surface area (TPSA) is 24.9 Å². The quantitative estimate of drug-likeness (QED) is 0.752. The van der Waals surface area contributed by atoms with E-state index < -0.39 is 0 Å². The number of hydrogen-bond donors (Lipinski definition) is 1. The Hall–Kier alpha value is -0.410. The minimum absolute atomic E-state index is 0.427. The van der Waals surface area contributed by atoms with Crippen LogP contribution in [0.1, 0.15) is 58.1 Å². The summed E-state index contributed by atoms with van der Waals surface area (Å²) in [5.41, 5.74) is 1.29. The van der Waals surface area contributed by atoms with Gasteiger partial charge in [-0.3, -0.25) is 4.98 Å². The van der Waals surface area contributed by atoms with Crippen molar-refractivity contribution < 1.29 is 0 Å². The average molecular weight is 313 g/mol. The van der Waals surface area contributed by atoms with Crippen molar-refractivity contribution in [2.24, 2.45) is 5.92 Å². The van der Waals surface area contributed by atoms with Gasteiger partial charge in [-0.1, -0.05) is 33.6 Å². The van der Waals surface area contributed by atoms with E-state index >= 15 is 0 Å². The molecule has 1 aromatic heterocycles. The second kappa shape index (κ2) is 8.65. The molecular formula is C15H25BrN2. The molecule has 0 aliphatic heterocycles. The number of rotatable bonds is 8. The Labute approximate surface area is 120 Å². The molecule has 0 aromatic carbocycles. The molecule has 18 heavy (non-hydrogen) atoms. The minimum Gasteiger partial charge on any atom is -0.310 e. The molecule has 1 aromatic rings. The summed E-state index contributed by atoms with van der Waals surface area (Å²) in [4.78, 5) is 4.28. The largest absolute Gasteiger partial charge is 0.310 e. The lowest BCUT2D eigenvalue weighted by Crippen LogP contribution is -2.24. The van der Waals surface area contributed by atoms with Crippen LogP contribution in [-0.4, -0.2) is 11.5 Å².